The topological polar surface area (TPSA) is 58.4 Å². The summed E-state index contributed by atoms with van der Waals surface area (Å²) in [6, 6.07) is 4.46. The van der Waals surface area contributed by atoms with Gasteiger partial charge in [-0.15, -0.1) is 0 Å². The van der Waals surface area contributed by atoms with Gasteiger partial charge in [0.2, 0.25) is 5.91 Å². The van der Waals surface area contributed by atoms with Crippen LogP contribution in [0.1, 0.15) is 12.8 Å². The molecule has 17 heavy (non-hydrogen) atoms. The zero-order valence-electron chi connectivity index (χ0n) is 9.58. The Morgan fingerprint density at radius 2 is 2.29 bits per heavy atom. The molecule has 0 saturated carbocycles. The highest BCUT2D eigenvalue weighted by Gasteiger charge is 2.18. The van der Waals surface area contributed by atoms with Crippen LogP contribution >= 0.6 is 0 Å². The first-order valence-electron chi connectivity index (χ1n) is 5.75. The number of nitrogens with one attached hydrogen (secondary N) is 1. The highest BCUT2D eigenvalue weighted by atomic mass is 19.1. The lowest BCUT2D eigenvalue weighted by Gasteiger charge is -2.23. The van der Waals surface area contributed by atoms with Crippen LogP contribution in [0.3, 0.4) is 0 Å². The van der Waals surface area contributed by atoms with Crippen LogP contribution in [-0.4, -0.2) is 25.5 Å². The van der Waals surface area contributed by atoms with Gasteiger partial charge >= 0.3 is 0 Å². The predicted octanol–water partition coefficient (Wildman–Crippen LogP) is 1.32. The lowest BCUT2D eigenvalue weighted by Crippen LogP contribution is -2.27. The molecule has 0 saturated heterocycles. The van der Waals surface area contributed by atoms with Crippen LogP contribution in [0.15, 0.2) is 18.2 Å². The molecule has 0 spiro atoms. The van der Waals surface area contributed by atoms with Crippen LogP contribution in [0.5, 0.6) is 0 Å². The van der Waals surface area contributed by atoms with E-state index in [9.17, 15) is 9.18 Å². The Bertz CT molecular complexity index is 422. The monoisotopic (exact) mass is 237 g/mol. The smallest absolute Gasteiger partial charge is 0.226 e. The molecule has 1 aromatic rings. The number of nitrogens with zero attached hydrogens (tertiary/aromatic N) is 1. The highest BCUT2D eigenvalue weighted by Crippen LogP contribution is 2.29. The summed E-state index contributed by atoms with van der Waals surface area (Å²) in [7, 11) is 0. The molecule has 4 nitrogen and oxygen atoms in total. The van der Waals surface area contributed by atoms with Gasteiger partial charge in [-0.1, -0.05) is 0 Å². The molecule has 0 fully saturated rings. The van der Waals surface area contributed by atoms with Crippen LogP contribution in [0.2, 0.25) is 0 Å². The fourth-order valence-electron chi connectivity index (χ4n) is 1.97. The number of hydrogen-bond acceptors (Lipinski definition) is 3. The van der Waals surface area contributed by atoms with E-state index in [1.807, 2.05) is 0 Å². The first-order chi connectivity index (χ1) is 8.20. The molecule has 0 bridgehead atoms. The fourth-order valence-corrected chi connectivity index (χ4v) is 1.97. The van der Waals surface area contributed by atoms with E-state index in [1.165, 1.54) is 12.1 Å². The summed E-state index contributed by atoms with van der Waals surface area (Å²) in [6.07, 6.45) is 1.27. The van der Waals surface area contributed by atoms with Gasteiger partial charge in [0.25, 0.3) is 0 Å². The van der Waals surface area contributed by atoms with Gasteiger partial charge in [-0.25, -0.2) is 4.39 Å². The summed E-state index contributed by atoms with van der Waals surface area (Å²) in [4.78, 5) is 13.6. The van der Waals surface area contributed by atoms with Crippen LogP contribution in [0, 0.1) is 5.82 Å². The van der Waals surface area contributed by atoms with Crippen molar-refractivity contribution in [3.8, 4) is 0 Å². The number of fused-ring (bicyclic) bond motifs is 1. The number of anilines is 2. The Labute approximate surface area is 99.6 Å². The minimum absolute atomic E-state index is 0.0768. The van der Waals surface area contributed by atoms with Gasteiger partial charge in [-0.3, -0.25) is 4.79 Å². The van der Waals surface area contributed by atoms with Crippen molar-refractivity contribution in [1.29, 1.82) is 0 Å². The number of halogens is 1. The quantitative estimate of drug-likeness (QED) is 0.833. The number of carbonyl (C=O) groups excluding carboxylic acids is 1. The predicted molar refractivity (Wildman–Crippen MR) is 65.5 cm³/mol. The van der Waals surface area contributed by atoms with Gasteiger partial charge in [-0.2, -0.15) is 0 Å². The molecule has 0 radical (unpaired) electrons. The zero-order chi connectivity index (χ0) is 12.3. The molecule has 0 unspecified atom stereocenters. The van der Waals surface area contributed by atoms with Crippen LogP contribution < -0.4 is 16.0 Å². The standard InChI is InChI=1S/C12H16FN3O/c13-9-2-3-11-10(8-9)15-12(17)4-7-16(11)6-1-5-14/h2-3,8H,1,4-7,14H2,(H,15,17). The molecule has 1 heterocycles. The number of hydrogen-bond donors (Lipinski definition) is 2. The van der Waals surface area contributed by atoms with Crippen molar-refractivity contribution in [2.45, 2.75) is 12.8 Å². The first kappa shape index (κ1) is 11.9. The Kier molecular flexibility index (Phi) is 3.58. The summed E-state index contributed by atoms with van der Waals surface area (Å²) >= 11 is 0. The molecule has 0 atom stereocenters. The number of rotatable bonds is 3. The molecule has 1 aliphatic rings. The molecule has 92 valence electrons. The van der Waals surface area contributed by atoms with Crippen LogP contribution in [0.4, 0.5) is 15.8 Å². The molecule has 5 heteroatoms. The van der Waals surface area contributed by atoms with Gasteiger partial charge in [0.15, 0.2) is 0 Å². The summed E-state index contributed by atoms with van der Waals surface area (Å²) < 4.78 is 13.1. The summed E-state index contributed by atoms with van der Waals surface area (Å²) in [5, 5.41) is 2.72. The van der Waals surface area contributed by atoms with Crippen molar-refractivity contribution < 1.29 is 9.18 Å². The summed E-state index contributed by atoms with van der Waals surface area (Å²) in [5.74, 6) is -0.420. The average Bonchev–Trinajstić information content (AvgIpc) is 2.45. The van der Waals surface area contributed by atoms with E-state index in [2.05, 4.69) is 10.2 Å². The van der Waals surface area contributed by atoms with E-state index < -0.39 is 0 Å². The molecule has 0 aromatic heterocycles. The van der Waals surface area contributed by atoms with Crippen LogP contribution in [0.25, 0.3) is 0 Å². The number of nitrogens with two attached hydrogens (primary N) is 1. The maximum atomic E-state index is 13.1. The van der Waals surface area contributed by atoms with E-state index in [-0.39, 0.29) is 11.7 Å². The van der Waals surface area contributed by atoms with Gasteiger partial charge in [0.05, 0.1) is 11.4 Å². The lowest BCUT2D eigenvalue weighted by molar-refractivity contribution is -0.115. The maximum absolute atomic E-state index is 13.1. The fraction of sp³-hybridized carbons (Fsp3) is 0.417. The number of amides is 1. The Hall–Kier alpha value is -1.62. The Balaban J connectivity index is 2.29. The van der Waals surface area contributed by atoms with Gasteiger partial charge in [0.1, 0.15) is 5.82 Å². The van der Waals surface area contributed by atoms with E-state index >= 15 is 0 Å². The second kappa shape index (κ2) is 5.14. The van der Waals surface area contributed by atoms with Crippen molar-refractivity contribution in [3.05, 3.63) is 24.0 Å². The van der Waals surface area contributed by atoms with Gasteiger partial charge in [-0.05, 0) is 31.2 Å². The lowest BCUT2D eigenvalue weighted by atomic mass is 10.2. The van der Waals surface area contributed by atoms with Crippen molar-refractivity contribution in [2.75, 3.05) is 29.9 Å². The van der Waals surface area contributed by atoms with Crippen LogP contribution in [-0.2, 0) is 4.79 Å². The van der Waals surface area contributed by atoms with Crippen molar-refractivity contribution in [1.82, 2.24) is 0 Å². The Morgan fingerprint density at radius 1 is 1.47 bits per heavy atom. The summed E-state index contributed by atoms with van der Waals surface area (Å²) in [5.41, 5.74) is 6.90. The zero-order valence-corrected chi connectivity index (χ0v) is 9.58. The van der Waals surface area contributed by atoms with Crippen molar-refractivity contribution in [3.63, 3.8) is 0 Å². The van der Waals surface area contributed by atoms with E-state index in [1.54, 1.807) is 6.07 Å². The largest absolute Gasteiger partial charge is 0.369 e. The van der Waals surface area contributed by atoms with Gasteiger partial charge in [0, 0.05) is 19.5 Å². The maximum Gasteiger partial charge on any atom is 0.226 e. The molecule has 1 aromatic carbocycles. The van der Waals surface area contributed by atoms with Gasteiger partial charge < -0.3 is 16.0 Å². The third kappa shape index (κ3) is 2.74. The highest BCUT2D eigenvalue weighted by molar-refractivity contribution is 5.96. The summed E-state index contributed by atoms with van der Waals surface area (Å²) in [6.45, 7) is 2.03. The first-order valence-corrected chi connectivity index (χ1v) is 5.75. The van der Waals surface area contributed by atoms with E-state index in [4.69, 9.17) is 5.73 Å². The second-order valence-corrected chi connectivity index (χ2v) is 4.09. The number of carbonyl (C=O) groups is 1. The van der Waals surface area contributed by atoms with E-state index in [0.717, 1.165) is 18.7 Å². The minimum atomic E-state index is -0.343. The van der Waals surface area contributed by atoms with E-state index in [0.29, 0.717) is 25.2 Å². The second-order valence-electron chi connectivity index (χ2n) is 4.09. The Morgan fingerprint density at radius 3 is 3.06 bits per heavy atom. The third-order valence-electron chi connectivity index (χ3n) is 2.81. The normalized spacial score (nSPS) is 15.2. The molecule has 1 aliphatic heterocycles. The molecular weight excluding hydrogens is 221 g/mol. The van der Waals surface area contributed by atoms with Crippen molar-refractivity contribution >= 4 is 17.3 Å². The molecular formula is C12H16FN3O. The SMILES string of the molecule is NCCCN1CCC(=O)Nc2cc(F)ccc21. The molecule has 1 amide bonds. The molecule has 2 rings (SSSR count). The molecule has 3 N–H and O–H groups in total. The number of benzene rings is 1. The average molecular weight is 237 g/mol. The third-order valence-corrected chi connectivity index (χ3v) is 2.81. The minimum Gasteiger partial charge on any atom is -0.369 e. The molecule has 0 aliphatic carbocycles. The van der Waals surface area contributed by atoms with Crippen molar-refractivity contribution in [2.24, 2.45) is 5.73 Å².